The summed E-state index contributed by atoms with van der Waals surface area (Å²) in [5.74, 6) is -11.4. The quantitative estimate of drug-likeness (QED) is 0.282. The Labute approximate surface area is 131 Å². The molecule has 0 aromatic rings. The highest BCUT2D eigenvalue weighted by Crippen LogP contribution is 2.49. The lowest BCUT2D eigenvalue weighted by atomic mass is 10.1. The summed E-state index contributed by atoms with van der Waals surface area (Å²) in [7, 11) is -6.62. The Kier molecular flexibility index (Phi) is 9.76. The third-order valence-corrected chi connectivity index (χ3v) is 3.19. The molecule has 4 nitrogen and oxygen atoms in total. The summed E-state index contributed by atoms with van der Waals surface area (Å²) in [5.41, 5.74) is 0. The molecule has 0 aliphatic heterocycles. The first kappa shape index (κ1) is 24.2. The molecule has 0 rings (SSSR count). The molecule has 0 amide bonds. The van der Waals surface area contributed by atoms with E-state index in [0.29, 0.717) is 0 Å². The topological polar surface area (TPSA) is 66.4 Å². The lowest BCUT2D eigenvalue weighted by Gasteiger charge is -2.30. The van der Waals surface area contributed by atoms with Crippen LogP contribution in [0.2, 0.25) is 0 Å². The molecule has 0 saturated heterocycles. The first-order valence-corrected chi connectivity index (χ1v) is 7.69. The number of nitrogens with one attached hydrogen (secondary N) is 1. The van der Waals surface area contributed by atoms with Crippen LogP contribution >= 0.6 is 0 Å². The molecular weight excluding hydrogens is 352 g/mol. The van der Waals surface area contributed by atoms with Crippen molar-refractivity contribution in [2.45, 2.75) is 36.9 Å². The van der Waals surface area contributed by atoms with Crippen molar-refractivity contribution in [3.05, 3.63) is 25.3 Å². The number of hydrogen-bond acceptors (Lipinski definition) is 3. The van der Waals surface area contributed by atoms with Crippen LogP contribution in [0.15, 0.2) is 25.3 Å². The molecule has 0 aromatic carbocycles. The maximum absolute atomic E-state index is 12.6. The van der Waals surface area contributed by atoms with Crippen LogP contribution in [0.1, 0.15) is 19.8 Å². The van der Waals surface area contributed by atoms with Crippen molar-refractivity contribution in [2.24, 2.45) is 0 Å². The standard InChI is InChI=1S/C6H8F6O3S.C6H11N/c1-2-3-4(7,8)5(9,10)6(11,12)16(13,14)15;1-3-5-7-6-4-2/h2-3H2,1H3,(H,13,14,15);3-4,7H,1-2,5-6H2. The Balaban J connectivity index is 0. The maximum Gasteiger partial charge on any atom is 0.437 e. The zero-order chi connectivity index (χ0) is 18.9. The molecule has 0 heterocycles. The van der Waals surface area contributed by atoms with Gasteiger partial charge in [-0.05, 0) is 0 Å². The summed E-state index contributed by atoms with van der Waals surface area (Å²) in [6.07, 6.45) is 1.45. The van der Waals surface area contributed by atoms with E-state index in [4.69, 9.17) is 4.55 Å². The molecule has 0 spiro atoms. The summed E-state index contributed by atoms with van der Waals surface area (Å²) in [6, 6.07) is 0. The zero-order valence-corrected chi connectivity index (χ0v) is 13.2. The van der Waals surface area contributed by atoms with Crippen LogP contribution < -0.4 is 5.32 Å². The van der Waals surface area contributed by atoms with Crippen molar-refractivity contribution >= 4 is 10.1 Å². The van der Waals surface area contributed by atoms with Gasteiger partial charge in [0, 0.05) is 19.5 Å². The van der Waals surface area contributed by atoms with Crippen LogP contribution in [-0.4, -0.2) is 43.2 Å². The van der Waals surface area contributed by atoms with E-state index in [0.717, 1.165) is 20.0 Å². The molecule has 0 atom stereocenters. The molecule has 0 aliphatic carbocycles. The van der Waals surface area contributed by atoms with Crippen molar-refractivity contribution in [1.29, 1.82) is 0 Å². The number of rotatable bonds is 9. The van der Waals surface area contributed by atoms with Crippen LogP contribution in [0.4, 0.5) is 26.3 Å². The summed E-state index contributed by atoms with van der Waals surface area (Å²) in [4.78, 5) is 0. The average Bonchev–Trinajstić information content (AvgIpc) is 2.38. The van der Waals surface area contributed by atoms with Gasteiger partial charge in [0.15, 0.2) is 0 Å². The van der Waals surface area contributed by atoms with Gasteiger partial charge in [-0.25, -0.2) is 0 Å². The summed E-state index contributed by atoms with van der Waals surface area (Å²) < 4.78 is 103. The van der Waals surface area contributed by atoms with E-state index in [9.17, 15) is 34.8 Å². The number of hydrogen-bond donors (Lipinski definition) is 2. The van der Waals surface area contributed by atoms with Crippen molar-refractivity contribution in [3.63, 3.8) is 0 Å². The van der Waals surface area contributed by atoms with Crippen molar-refractivity contribution < 1.29 is 39.3 Å². The van der Waals surface area contributed by atoms with Gasteiger partial charge in [0.05, 0.1) is 0 Å². The summed E-state index contributed by atoms with van der Waals surface area (Å²) in [6.45, 7) is 9.83. The molecule has 0 aromatic heterocycles. The van der Waals surface area contributed by atoms with Crippen molar-refractivity contribution in [1.82, 2.24) is 5.32 Å². The molecule has 138 valence electrons. The van der Waals surface area contributed by atoms with Crippen molar-refractivity contribution in [2.75, 3.05) is 13.1 Å². The lowest BCUT2D eigenvalue weighted by molar-refractivity contribution is -0.282. The molecular formula is C12H19F6NO3S. The van der Waals surface area contributed by atoms with E-state index >= 15 is 0 Å². The second-order valence-electron chi connectivity index (χ2n) is 4.26. The fraction of sp³-hybridized carbons (Fsp3) is 0.667. The van der Waals surface area contributed by atoms with Gasteiger partial charge in [0.25, 0.3) is 0 Å². The second-order valence-corrected chi connectivity index (χ2v) is 5.72. The molecule has 0 fully saturated rings. The molecule has 0 unspecified atom stereocenters. The average molecular weight is 371 g/mol. The van der Waals surface area contributed by atoms with Crippen molar-refractivity contribution in [3.8, 4) is 0 Å². The predicted molar refractivity (Wildman–Crippen MR) is 74.6 cm³/mol. The highest BCUT2D eigenvalue weighted by molar-refractivity contribution is 7.87. The molecule has 0 radical (unpaired) electrons. The van der Waals surface area contributed by atoms with E-state index in [-0.39, 0.29) is 0 Å². The van der Waals surface area contributed by atoms with Crippen LogP contribution in [-0.2, 0) is 10.1 Å². The SMILES string of the molecule is C=CCNCC=C.CCCC(F)(F)C(F)(F)C(F)(F)S(=O)(=O)O. The Hall–Kier alpha value is -1.07. The van der Waals surface area contributed by atoms with Crippen LogP contribution in [0.5, 0.6) is 0 Å². The van der Waals surface area contributed by atoms with Gasteiger partial charge in [-0.1, -0.05) is 25.5 Å². The molecule has 23 heavy (non-hydrogen) atoms. The maximum atomic E-state index is 12.6. The van der Waals surface area contributed by atoms with E-state index in [1.54, 1.807) is 0 Å². The van der Waals surface area contributed by atoms with Gasteiger partial charge in [-0.3, -0.25) is 4.55 Å². The van der Waals surface area contributed by atoms with Gasteiger partial charge in [0.1, 0.15) is 0 Å². The highest BCUT2D eigenvalue weighted by atomic mass is 32.2. The Morgan fingerprint density at radius 3 is 1.70 bits per heavy atom. The van der Waals surface area contributed by atoms with Gasteiger partial charge in [-0.15, -0.1) is 13.2 Å². The fourth-order valence-corrected chi connectivity index (χ4v) is 1.61. The monoisotopic (exact) mass is 371 g/mol. The molecule has 2 N–H and O–H groups in total. The predicted octanol–water partition coefficient (Wildman–Crippen LogP) is 3.49. The molecule has 0 saturated carbocycles. The molecule has 0 bridgehead atoms. The molecule has 11 heteroatoms. The summed E-state index contributed by atoms with van der Waals surface area (Å²) >= 11 is 0. The number of alkyl halides is 6. The lowest BCUT2D eigenvalue weighted by Crippen LogP contribution is -2.57. The van der Waals surface area contributed by atoms with E-state index in [1.807, 2.05) is 12.2 Å². The highest BCUT2D eigenvalue weighted by Gasteiger charge is 2.76. The van der Waals surface area contributed by atoms with E-state index < -0.39 is 40.1 Å². The normalized spacial score (nSPS) is 13.0. The second kappa shape index (κ2) is 9.28. The van der Waals surface area contributed by atoms with Crippen LogP contribution in [0, 0.1) is 0 Å². The van der Waals surface area contributed by atoms with Crippen LogP contribution in [0.3, 0.4) is 0 Å². The third kappa shape index (κ3) is 6.51. The zero-order valence-electron chi connectivity index (χ0n) is 12.3. The minimum Gasteiger partial charge on any atom is -0.310 e. The van der Waals surface area contributed by atoms with Gasteiger partial charge in [-0.2, -0.15) is 34.8 Å². The molecule has 0 aliphatic rings. The Bertz CT molecular complexity index is 471. The van der Waals surface area contributed by atoms with Gasteiger partial charge in [0.2, 0.25) is 0 Å². The first-order chi connectivity index (χ1) is 10.2. The first-order valence-electron chi connectivity index (χ1n) is 6.25. The largest absolute Gasteiger partial charge is 0.437 e. The van der Waals surface area contributed by atoms with Gasteiger partial charge < -0.3 is 5.32 Å². The van der Waals surface area contributed by atoms with E-state index in [2.05, 4.69) is 18.5 Å². The Morgan fingerprint density at radius 2 is 1.43 bits per heavy atom. The minimum atomic E-state index is -6.62. The Morgan fingerprint density at radius 1 is 1.04 bits per heavy atom. The van der Waals surface area contributed by atoms with Crippen LogP contribution in [0.25, 0.3) is 0 Å². The smallest absolute Gasteiger partial charge is 0.310 e. The fourth-order valence-electron chi connectivity index (χ4n) is 1.13. The van der Waals surface area contributed by atoms with Gasteiger partial charge >= 0.3 is 27.2 Å². The summed E-state index contributed by atoms with van der Waals surface area (Å²) in [5, 5.41) is -3.19. The number of halogens is 6. The third-order valence-electron chi connectivity index (χ3n) is 2.29. The minimum absolute atomic E-state index is 0.565. The van der Waals surface area contributed by atoms with E-state index in [1.165, 1.54) is 0 Å².